The molecule has 0 spiro atoms. The van der Waals surface area contributed by atoms with Gasteiger partial charge >= 0.3 is 0 Å². The average molecular weight is 446 g/mol. The first kappa shape index (κ1) is 20.9. The Morgan fingerprint density at radius 2 is 2.00 bits per heavy atom. The molecule has 2 heterocycles. The maximum absolute atomic E-state index is 12.8. The van der Waals surface area contributed by atoms with E-state index in [2.05, 4.69) is 17.2 Å². The largest absolute Gasteiger partial charge is 0.431 e. The molecule has 7 nitrogen and oxygen atoms in total. The van der Waals surface area contributed by atoms with Crippen LogP contribution in [0.25, 0.3) is 11.1 Å². The van der Waals surface area contributed by atoms with Crippen molar-refractivity contribution in [3.8, 4) is 0 Å². The third-order valence-electron chi connectivity index (χ3n) is 5.00. The third kappa shape index (κ3) is 4.69. The first-order chi connectivity index (χ1) is 14.4. The van der Waals surface area contributed by atoms with E-state index in [1.54, 1.807) is 16.4 Å². The van der Waals surface area contributed by atoms with Crippen LogP contribution in [-0.2, 0) is 14.8 Å². The molecule has 1 aliphatic rings. The lowest BCUT2D eigenvalue weighted by Crippen LogP contribution is -2.39. The number of nitrogens with one attached hydrogen (secondary N) is 1. The predicted octanol–water partition coefficient (Wildman–Crippen LogP) is 3.98. The summed E-state index contributed by atoms with van der Waals surface area (Å²) in [6, 6.07) is 13.7. The molecule has 2 aromatic carbocycles. The van der Waals surface area contributed by atoms with Gasteiger partial charge in [-0.25, -0.2) is 13.4 Å². The zero-order valence-corrected chi connectivity index (χ0v) is 18.2. The predicted molar refractivity (Wildman–Crippen MR) is 117 cm³/mol. The Balaban J connectivity index is 1.35. The monoisotopic (exact) mass is 445 g/mol. The van der Waals surface area contributed by atoms with Crippen molar-refractivity contribution in [1.29, 1.82) is 0 Å². The molecular weight excluding hydrogens is 422 g/mol. The van der Waals surface area contributed by atoms with Crippen LogP contribution in [0, 0.1) is 5.92 Å². The Labute approximate surface area is 179 Å². The molecule has 1 amide bonds. The Morgan fingerprint density at radius 1 is 1.23 bits per heavy atom. The summed E-state index contributed by atoms with van der Waals surface area (Å²) in [7, 11) is -3.50. The van der Waals surface area contributed by atoms with Crippen LogP contribution in [0.1, 0.15) is 19.8 Å². The Bertz CT molecular complexity index is 1110. The number of amides is 1. The minimum atomic E-state index is -3.50. The molecule has 4 rings (SSSR count). The van der Waals surface area contributed by atoms with Crippen molar-refractivity contribution in [3.05, 3.63) is 48.5 Å². The summed E-state index contributed by atoms with van der Waals surface area (Å²) < 4.78 is 32.8. The van der Waals surface area contributed by atoms with Crippen LogP contribution in [-0.4, -0.2) is 42.5 Å². The Kier molecular flexibility index (Phi) is 6.12. The zero-order chi connectivity index (χ0) is 21.1. The minimum absolute atomic E-state index is 0.137. The van der Waals surface area contributed by atoms with Gasteiger partial charge in [-0.05, 0) is 55.2 Å². The average Bonchev–Trinajstić information content (AvgIpc) is 3.16. The number of para-hydroxylation sites is 2. The number of rotatable bonds is 6. The maximum Gasteiger partial charge on any atom is 0.257 e. The van der Waals surface area contributed by atoms with Gasteiger partial charge in [-0.1, -0.05) is 30.8 Å². The summed E-state index contributed by atoms with van der Waals surface area (Å²) in [6.45, 7) is 3.17. The van der Waals surface area contributed by atoms with Crippen molar-refractivity contribution >= 4 is 44.5 Å². The standard InChI is InChI=1S/C21H23N3O4S2/c1-15-5-4-12-24(13-15)30(26,27)17-10-8-16(9-11-17)22-20(25)14-29-21-23-18-6-2-3-7-19(18)28-21/h2-3,6-11,15H,4-5,12-14H2,1H3,(H,22,25)/t15-/m1/s1. The number of sulfonamides is 1. The Morgan fingerprint density at radius 3 is 2.73 bits per heavy atom. The number of benzene rings is 2. The second kappa shape index (κ2) is 8.79. The first-order valence-corrected chi connectivity index (χ1v) is 12.2. The van der Waals surface area contributed by atoms with Gasteiger partial charge in [0.05, 0.1) is 10.6 Å². The molecule has 1 saturated heterocycles. The fourth-order valence-electron chi connectivity index (χ4n) is 3.46. The third-order valence-corrected chi connectivity index (χ3v) is 7.70. The van der Waals surface area contributed by atoms with E-state index >= 15 is 0 Å². The van der Waals surface area contributed by atoms with Crippen molar-refractivity contribution in [2.45, 2.75) is 29.9 Å². The maximum atomic E-state index is 12.8. The van der Waals surface area contributed by atoms with Gasteiger partial charge in [0.2, 0.25) is 15.9 Å². The number of fused-ring (bicyclic) bond motifs is 1. The lowest BCUT2D eigenvalue weighted by atomic mass is 10.0. The number of thioether (sulfide) groups is 1. The lowest BCUT2D eigenvalue weighted by molar-refractivity contribution is -0.113. The number of hydrogen-bond acceptors (Lipinski definition) is 6. The van der Waals surface area contributed by atoms with E-state index in [4.69, 9.17) is 4.42 Å². The molecule has 3 aromatic rings. The summed E-state index contributed by atoms with van der Waals surface area (Å²) in [5.74, 6) is 0.284. The highest BCUT2D eigenvalue weighted by atomic mass is 32.2. The summed E-state index contributed by atoms with van der Waals surface area (Å²) in [5.41, 5.74) is 1.98. The van der Waals surface area contributed by atoms with E-state index in [0.717, 1.165) is 18.4 Å². The van der Waals surface area contributed by atoms with Crippen LogP contribution in [0.2, 0.25) is 0 Å². The molecule has 1 aliphatic heterocycles. The summed E-state index contributed by atoms with van der Waals surface area (Å²) in [4.78, 5) is 16.8. The van der Waals surface area contributed by atoms with Crippen LogP contribution < -0.4 is 5.32 Å². The molecule has 158 valence electrons. The van der Waals surface area contributed by atoms with E-state index in [-0.39, 0.29) is 16.6 Å². The van der Waals surface area contributed by atoms with Crippen LogP contribution in [0.4, 0.5) is 5.69 Å². The van der Waals surface area contributed by atoms with Gasteiger partial charge in [-0.2, -0.15) is 4.31 Å². The quantitative estimate of drug-likeness (QED) is 0.577. The highest BCUT2D eigenvalue weighted by Crippen LogP contribution is 2.25. The molecule has 0 bridgehead atoms. The molecule has 1 N–H and O–H groups in total. The normalized spacial score (nSPS) is 17.8. The van der Waals surface area contributed by atoms with E-state index in [0.29, 0.717) is 35.5 Å². The lowest BCUT2D eigenvalue weighted by Gasteiger charge is -2.30. The van der Waals surface area contributed by atoms with Crippen LogP contribution in [0.3, 0.4) is 0 Å². The highest BCUT2D eigenvalue weighted by Gasteiger charge is 2.28. The first-order valence-electron chi connectivity index (χ1n) is 9.80. The van der Waals surface area contributed by atoms with Crippen LogP contribution in [0.5, 0.6) is 0 Å². The van der Waals surface area contributed by atoms with Crippen molar-refractivity contribution in [2.75, 3.05) is 24.2 Å². The van der Waals surface area contributed by atoms with E-state index in [1.165, 1.54) is 23.9 Å². The van der Waals surface area contributed by atoms with Gasteiger partial charge in [0.25, 0.3) is 5.22 Å². The summed E-state index contributed by atoms with van der Waals surface area (Å²) in [5, 5.41) is 3.21. The number of aromatic nitrogens is 1. The fraction of sp³-hybridized carbons (Fsp3) is 0.333. The SMILES string of the molecule is C[C@@H]1CCCN(S(=O)(=O)c2ccc(NC(=O)CSc3nc4ccccc4o3)cc2)C1. The second-order valence-corrected chi connectivity index (χ2v) is 10.3. The molecule has 0 aliphatic carbocycles. The molecule has 0 unspecified atom stereocenters. The number of oxazole rings is 1. The van der Waals surface area contributed by atoms with Crippen LogP contribution >= 0.6 is 11.8 Å². The molecule has 30 heavy (non-hydrogen) atoms. The molecular formula is C21H23N3O4S2. The van der Waals surface area contributed by atoms with Crippen molar-refractivity contribution in [2.24, 2.45) is 5.92 Å². The number of carbonyl (C=O) groups is 1. The van der Waals surface area contributed by atoms with Crippen molar-refractivity contribution in [3.63, 3.8) is 0 Å². The smallest absolute Gasteiger partial charge is 0.257 e. The van der Waals surface area contributed by atoms with Gasteiger partial charge in [0, 0.05) is 18.8 Å². The van der Waals surface area contributed by atoms with E-state index in [9.17, 15) is 13.2 Å². The number of carbonyl (C=O) groups excluding carboxylic acids is 1. The van der Waals surface area contributed by atoms with Crippen molar-refractivity contribution < 1.29 is 17.6 Å². The van der Waals surface area contributed by atoms with E-state index in [1.807, 2.05) is 24.3 Å². The minimum Gasteiger partial charge on any atom is -0.431 e. The fourth-order valence-corrected chi connectivity index (χ4v) is 5.70. The van der Waals surface area contributed by atoms with E-state index < -0.39 is 10.0 Å². The number of anilines is 1. The summed E-state index contributed by atoms with van der Waals surface area (Å²) >= 11 is 1.21. The molecule has 1 fully saturated rings. The molecule has 9 heteroatoms. The topological polar surface area (TPSA) is 92.5 Å². The highest BCUT2D eigenvalue weighted by molar-refractivity contribution is 7.99. The van der Waals surface area contributed by atoms with Crippen LogP contribution in [0.15, 0.2) is 63.1 Å². The molecule has 0 saturated carbocycles. The Hall–Kier alpha value is -2.36. The molecule has 0 radical (unpaired) electrons. The van der Waals surface area contributed by atoms with Gasteiger partial charge in [0.15, 0.2) is 5.58 Å². The molecule has 1 atom stereocenters. The number of hydrogen-bond donors (Lipinski definition) is 1. The zero-order valence-electron chi connectivity index (χ0n) is 16.6. The number of piperidine rings is 1. The van der Waals surface area contributed by atoms with Gasteiger partial charge < -0.3 is 9.73 Å². The van der Waals surface area contributed by atoms with Gasteiger partial charge in [-0.3, -0.25) is 4.79 Å². The van der Waals surface area contributed by atoms with Gasteiger partial charge in [0.1, 0.15) is 5.52 Å². The molecule has 1 aromatic heterocycles. The second-order valence-electron chi connectivity index (χ2n) is 7.42. The summed E-state index contributed by atoms with van der Waals surface area (Å²) in [6.07, 6.45) is 1.94. The number of nitrogens with zero attached hydrogens (tertiary/aromatic N) is 2. The van der Waals surface area contributed by atoms with Gasteiger partial charge in [-0.15, -0.1) is 0 Å². The van der Waals surface area contributed by atoms with Crippen molar-refractivity contribution in [1.82, 2.24) is 9.29 Å².